The number of nitrogens with zero attached hydrogens (tertiary/aromatic N) is 1. The molecular weight excluding hydrogens is 385 g/mol. The van der Waals surface area contributed by atoms with Gasteiger partial charge in [0.25, 0.3) is 5.91 Å². The Kier molecular flexibility index (Phi) is 5.91. The van der Waals surface area contributed by atoms with Gasteiger partial charge in [-0.05, 0) is 36.6 Å². The molecule has 0 aromatic heterocycles. The number of nitriles is 1. The van der Waals surface area contributed by atoms with Gasteiger partial charge in [0.2, 0.25) is 0 Å². The second-order valence-corrected chi connectivity index (χ2v) is 6.84. The van der Waals surface area contributed by atoms with E-state index < -0.39 is 34.7 Å². The smallest absolute Gasteiger partial charge is 0.381 e. The Morgan fingerprint density at radius 2 is 1.79 bits per heavy atom. The number of carbonyl (C=O) groups excluding carboxylic acids is 1. The van der Waals surface area contributed by atoms with E-state index in [1.807, 2.05) is 0 Å². The molecule has 1 amide bonds. The molecule has 0 bridgehead atoms. The van der Waals surface area contributed by atoms with Gasteiger partial charge in [0.05, 0.1) is 17.2 Å². The van der Waals surface area contributed by atoms with Crippen molar-refractivity contribution in [2.75, 3.05) is 18.5 Å². The second-order valence-electron chi connectivity index (χ2n) is 6.84. The van der Waals surface area contributed by atoms with Gasteiger partial charge in [-0.3, -0.25) is 4.79 Å². The average Bonchev–Trinajstić information content (AvgIpc) is 2.73. The van der Waals surface area contributed by atoms with Gasteiger partial charge in [0.1, 0.15) is 0 Å². The number of amides is 1. The zero-order valence-corrected chi connectivity index (χ0v) is 15.4. The van der Waals surface area contributed by atoms with Crippen LogP contribution in [0.25, 0.3) is 0 Å². The van der Waals surface area contributed by atoms with Crippen LogP contribution in [-0.4, -0.2) is 24.2 Å². The molecule has 29 heavy (non-hydrogen) atoms. The van der Waals surface area contributed by atoms with Crippen LogP contribution in [-0.2, 0) is 21.3 Å². The lowest BCUT2D eigenvalue weighted by Gasteiger charge is -2.37. The lowest BCUT2D eigenvalue weighted by molar-refractivity contribution is -0.146. The fraction of sp³-hybridized carbons (Fsp3) is 0.333. The van der Waals surface area contributed by atoms with E-state index in [2.05, 4.69) is 5.32 Å². The summed E-state index contributed by atoms with van der Waals surface area (Å²) < 4.78 is 45.0. The predicted octanol–water partition coefficient (Wildman–Crippen LogP) is 3.83. The normalized spacial score (nSPS) is 17.2. The number of ether oxygens (including phenoxy) is 1. The highest BCUT2D eigenvalue weighted by Crippen LogP contribution is 2.38. The summed E-state index contributed by atoms with van der Waals surface area (Å²) in [5.41, 5.74) is -3.42. The number of halogens is 3. The zero-order valence-electron chi connectivity index (χ0n) is 15.4. The first-order chi connectivity index (χ1) is 13.8. The van der Waals surface area contributed by atoms with Crippen molar-refractivity contribution in [1.82, 2.24) is 0 Å². The van der Waals surface area contributed by atoms with Gasteiger partial charge in [-0.25, -0.2) is 0 Å². The van der Waals surface area contributed by atoms with Gasteiger partial charge in [0, 0.05) is 24.8 Å². The van der Waals surface area contributed by atoms with Crippen molar-refractivity contribution in [3.8, 4) is 6.07 Å². The van der Waals surface area contributed by atoms with Crippen LogP contribution in [0.4, 0.5) is 18.9 Å². The number of hydrogen-bond acceptors (Lipinski definition) is 4. The summed E-state index contributed by atoms with van der Waals surface area (Å²) in [5.74, 6) is -1.28. The molecule has 1 saturated heterocycles. The molecule has 2 aromatic rings. The molecule has 2 aromatic carbocycles. The third kappa shape index (κ3) is 4.26. The van der Waals surface area contributed by atoms with Crippen LogP contribution in [0.5, 0.6) is 0 Å². The van der Waals surface area contributed by atoms with Crippen molar-refractivity contribution in [2.24, 2.45) is 5.92 Å². The minimum atomic E-state index is -4.75. The molecule has 8 heteroatoms. The highest BCUT2D eigenvalue weighted by atomic mass is 19.4. The first kappa shape index (κ1) is 20.8. The van der Waals surface area contributed by atoms with Gasteiger partial charge in [-0.15, -0.1) is 0 Å². The van der Waals surface area contributed by atoms with E-state index in [4.69, 9.17) is 10.00 Å². The molecular formula is C21H19F3N2O3. The van der Waals surface area contributed by atoms with Gasteiger partial charge in [0.15, 0.2) is 5.60 Å². The van der Waals surface area contributed by atoms with E-state index in [0.717, 1.165) is 6.07 Å². The number of nitrogens with one attached hydrogen (secondary N) is 1. The third-order valence-corrected chi connectivity index (χ3v) is 5.08. The molecule has 0 radical (unpaired) electrons. The highest BCUT2D eigenvalue weighted by molar-refractivity contribution is 5.98. The average molecular weight is 404 g/mol. The molecule has 0 spiro atoms. The quantitative estimate of drug-likeness (QED) is 0.812. The highest BCUT2D eigenvalue weighted by Gasteiger charge is 2.46. The van der Waals surface area contributed by atoms with Gasteiger partial charge in [-0.1, -0.05) is 30.3 Å². The standard InChI is InChI=1S/C21H19F3N2O3/c22-21(23,24)18-12-17(7-6-14(18)13-25)26-19(27)20(28,15-4-2-1-3-5-15)16-8-10-29-11-9-16/h1-7,12,16,28H,8-11H2,(H,26,27). The third-order valence-electron chi connectivity index (χ3n) is 5.08. The van der Waals surface area contributed by atoms with Crippen molar-refractivity contribution >= 4 is 11.6 Å². The van der Waals surface area contributed by atoms with Crippen molar-refractivity contribution in [3.05, 3.63) is 65.2 Å². The summed E-state index contributed by atoms with van der Waals surface area (Å²) in [5, 5.41) is 22.7. The van der Waals surface area contributed by atoms with E-state index in [9.17, 15) is 23.1 Å². The summed E-state index contributed by atoms with van der Waals surface area (Å²) in [6.07, 6.45) is -3.89. The number of aliphatic hydroxyl groups is 1. The Morgan fingerprint density at radius 1 is 1.14 bits per heavy atom. The molecule has 152 valence electrons. The van der Waals surface area contributed by atoms with Crippen molar-refractivity contribution in [1.29, 1.82) is 5.26 Å². The van der Waals surface area contributed by atoms with Crippen LogP contribution >= 0.6 is 0 Å². The minimum absolute atomic E-state index is 0.150. The van der Waals surface area contributed by atoms with Crippen LogP contribution in [0.15, 0.2) is 48.5 Å². The molecule has 0 aliphatic carbocycles. The van der Waals surface area contributed by atoms with Gasteiger partial charge >= 0.3 is 6.18 Å². The number of carbonyl (C=O) groups is 1. The van der Waals surface area contributed by atoms with E-state index in [1.165, 1.54) is 12.1 Å². The summed E-state index contributed by atoms with van der Waals surface area (Å²) in [7, 11) is 0. The summed E-state index contributed by atoms with van der Waals surface area (Å²) in [6.45, 7) is 0.754. The van der Waals surface area contributed by atoms with Gasteiger partial charge in [-0.2, -0.15) is 18.4 Å². The van der Waals surface area contributed by atoms with Crippen LogP contribution in [0.2, 0.25) is 0 Å². The Balaban J connectivity index is 1.97. The number of alkyl halides is 3. The molecule has 5 nitrogen and oxygen atoms in total. The predicted molar refractivity (Wildman–Crippen MR) is 98.7 cm³/mol. The SMILES string of the molecule is N#Cc1ccc(NC(=O)C(O)(c2ccccc2)C2CCOCC2)cc1C(F)(F)F. The maximum absolute atomic E-state index is 13.2. The Labute approximate surface area is 165 Å². The minimum Gasteiger partial charge on any atom is -0.381 e. The number of anilines is 1. The first-order valence-corrected chi connectivity index (χ1v) is 9.05. The Morgan fingerprint density at radius 3 is 2.38 bits per heavy atom. The maximum Gasteiger partial charge on any atom is 0.417 e. The van der Waals surface area contributed by atoms with Crippen LogP contribution in [0.3, 0.4) is 0 Å². The van der Waals surface area contributed by atoms with E-state index in [-0.39, 0.29) is 5.69 Å². The molecule has 3 rings (SSSR count). The summed E-state index contributed by atoms with van der Waals surface area (Å²) in [6, 6.07) is 12.7. The lowest BCUT2D eigenvalue weighted by atomic mass is 9.76. The topological polar surface area (TPSA) is 82.4 Å². The van der Waals surface area contributed by atoms with Crippen LogP contribution in [0.1, 0.15) is 29.5 Å². The molecule has 0 saturated carbocycles. The molecule has 2 N–H and O–H groups in total. The fourth-order valence-corrected chi connectivity index (χ4v) is 3.54. The van der Waals surface area contributed by atoms with E-state index in [1.54, 1.807) is 30.3 Å². The first-order valence-electron chi connectivity index (χ1n) is 9.05. The molecule has 1 aliphatic heterocycles. The van der Waals surface area contributed by atoms with Crippen molar-refractivity contribution in [2.45, 2.75) is 24.6 Å². The maximum atomic E-state index is 13.2. The second kappa shape index (κ2) is 8.23. The Bertz CT molecular complexity index is 919. The van der Waals surface area contributed by atoms with Crippen LogP contribution in [0, 0.1) is 17.2 Å². The van der Waals surface area contributed by atoms with E-state index >= 15 is 0 Å². The summed E-state index contributed by atoms with van der Waals surface area (Å²) >= 11 is 0. The molecule has 1 heterocycles. The van der Waals surface area contributed by atoms with Crippen molar-refractivity contribution in [3.63, 3.8) is 0 Å². The van der Waals surface area contributed by atoms with Gasteiger partial charge < -0.3 is 15.2 Å². The number of rotatable bonds is 4. The molecule has 1 unspecified atom stereocenters. The largest absolute Gasteiger partial charge is 0.417 e. The number of hydrogen-bond donors (Lipinski definition) is 2. The number of benzene rings is 2. The van der Waals surface area contributed by atoms with E-state index in [0.29, 0.717) is 37.7 Å². The molecule has 1 fully saturated rings. The molecule has 1 atom stereocenters. The lowest BCUT2D eigenvalue weighted by Crippen LogP contribution is -2.48. The fourth-order valence-electron chi connectivity index (χ4n) is 3.54. The Hall–Kier alpha value is -2.89. The molecule has 1 aliphatic rings. The van der Waals surface area contributed by atoms with Crippen molar-refractivity contribution < 1.29 is 27.8 Å². The monoisotopic (exact) mass is 404 g/mol. The zero-order chi connectivity index (χ0) is 21.1. The summed E-state index contributed by atoms with van der Waals surface area (Å²) in [4.78, 5) is 13.1. The van der Waals surface area contributed by atoms with Crippen LogP contribution < -0.4 is 5.32 Å².